The van der Waals surface area contributed by atoms with Crippen LogP contribution in [0.15, 0.2) is 60.8 Å². The molecular weight excluding hydrogens is 444 g/mol. The Morgan fingerprint density at radius 3 is 2.52 bits per heavy atom. The zero-order chi connectivity index (χ0) is 22.1. The molecule has 0 saturated heterocycles. The van der Waals surface area contributed by atoms with Gasteiger partial charge in [-0.2, -0.15) is 0 Å². The molecule has 4 aromatic rings. The molecule has 2 N–H and O–H groups in total. The summed E-state index contributed by atoms with van der Waals surface area (Å²) in [6.45, 7) is 0.135. The number of halogens is 3. The highest BCUT2D eigenvalue weighted by Gasteiger charge is 2.28. The second-order valence-electron chi connectivity index (χ2n) is 6.69. The van der Waals surface area contributed by atoms with Crippen LogP contribution >= 0.6 is 23.2 Å². The van der Waals surface area contributed by atoms with Crippen molar-refractivity contribution in [3.8, 4) is 5.75 Å². The van der Waals surface area contributed by atoms with Gasteiger partial charge in [0.15, 0.2) is 11.6 Å². The number of rotatable bonds is 5. The van der Waals surface area contributed by atoms with Crippen LogP contribution in [-0.2, 0) is 11.3 Å². The Morgan fingerprint density at radius 2 is 1.81 bits per heavy atom. The molecule has 4 rings (SSSR count). The molecule has 0 aliphatic heterocycles. The van der Waals surface area contributed by atoms with Gasteiger partial charge in [0.2, 0.25) is 0 Å². The van der Waals surface area contributed by atoms with Gasteiger partial charge in [0.05, 0.1) is 15.6 Å². The lowest BCUT2D eigenvalue weighted by Gasteiger charge is -2.11. The highest BCUT2D eigenvalue weighted by atomic mass is 35.5. The van der Waals surface area contributed by atoms with Gasteiger partial charge in [-0.1, -0.05) is 47.5 Å². The van der Waals surface area contributed by atoms with Gasteiger partial charge in [0, 0.05) is 18.1 Å². The fourth-order valence-corrected chi connectivity index (χ4v) is 3.66. The monoisotopic (exact) mass is 457 g/mol. The predicted molar refractivity (Wildman–Crippen MR) is 116 cm³/mol. The van der Waals surface area contributed by atoms with Crippen molar-refractivity contribution in [2.24, 2.45) is 0 Å². The molecule has 6 nitrogen and oxygen atoms in total. The summed E-state index contributed by atoms with van der Waals surface area (Å²) in [7, 11) is 0. The Balaban J connectivity index is 1.75. The number of carbonyl (C=O) groups is 2. The molecule has 0 aliphatic carbocycles. The number of nitrogens with zero attached hydrogens (tertiary/aromatic N) is 2. The van der Waals surface area contributed by atoms with Gasteiger partial charge in [-0.25, -0.2) is 9.37 Å². The molecule has 156 valence electrons. The Kier molecular flexibility index (Phi) is 5.63. The van der Waals surface area contributed by atoms with Crippen LogP contribution in [0, 0.1) is 5.82 Å². The maximum Gasteiger partial charge on any atom is 0.299 e. The van der Waals surface area contributed by atoms with E-state index in [-0.39, 0.29) is 33.9 Å². The van der Waals surface area contributed by atoms with Crippen molar-refractivity contribution in [1.29, 1.82) is 0 Å². The van der Waals surface area contributed by atoms with Gasteiger partial charge in [0.1, 0.15) is 11.5 Å². The molecule has 0 unspecified atom stereocenters. The number of aromatic hydroxyl groups is 1. The molecule has 0 fully saturated rings. The fraction of sp³-hybridized carbons (Fsp3) is 0.0455. The first-order chi connectivity index (χ1) is 14.8. The van der Waals surface area contributed by atoms with Crippen LogP contribution in [0.4, 0.5) is 10.2 Å². The third-order valence-electron chi connectivity index (χ3n) is 4.66. The molecule has 2 aromatic heterocycles. The zero-order valence-electron chi connectivity index (χ0n) is 15.8. The largest absolute Gasteiger partial charge is 0.505 e. The van der Waals surface area contributed by atoms with Crippen molar-refractivity contribution >= 4 is 51.6 Å². The molecule has 9 heteroatoms. The van der Waals surface area contributed by atoms with Gasteiger partial charge in [0.25, 0.3) is 11.7 Å². The first-order valence-corrected chi connectivity index (χ1v) is 9.82. The third kappa shape index (κ3) is 4.10. The minimum Gasteiger partial charge on any atom is -0.505 e. The minimum atomic E-state index is -1.03. The van der Waals surface area contributed by atoms with Gasteiger partial charge >= 0.3 is 0 Å². The Bertz CT molecular complexity index is 1320. The molecule has 31 heavy (non-hydrogen) atoms. The van der Waals surface area contributed by atoms with Crippen LogP contribution in [0.25, 0.3) is 10.9 Å². The molecule has 2 aromatic carbocycles. The number of para-hydroxylation sites is 1. The van der Waals surface area contributed by atoms with Crippen LogP contribution in [0.2, 0.25) is 10.0 Å². The Morgan fingerprint density at radius 1 is 1.10 bits per heavy atom. The van der Waals surface area contributed by atoms with Crippen molar-refractivity contribution in [2.45, 2.75) is 6.54 Å². The van der Waals surface area contributed by atoms with Crippen LogP contribution in [0.1, 0.15) is 16.1 Å². The molecule has 0 bridgehead atoms. The van der Waals surface area contributed by atoms with E-state index >= 15 is 0 Å². The van der Waals surface area contributed by atoms with E-state index in [0.29, 0.717) is 16.5 Å². The second kappa shape index (κ2) is 8.37. The maximum absolute atomic E-state index is 13.3. The van der Waals surface area contributed by atoms with E-state index in [1.54, 1.807) is 36.4 Å². The van der Waals surface area contributed by atoms with E-state index in [9.17, 15) is 19.1 Å². The predicted octanol–water partition coefficient (Wildman–Crippen LogP) is 5.06. The lowest BCUT2D eigenvalue weighted by molar-refractivity contribution is -0.112. The number of fused-ring (bicyclic) bond motifs is 1. The Labute approximate surface area is 185 Å². The van der Waals surface area contributed by atoms with Crippen LogP contribution in [0.3, 0.4) is 0 Å². The average molecular weight is 458 g/mol. The molecule has 1 amide bonds. The molecule has 0 atom stereocenters. The molecule has 0 radical (unpaired) electrons. The molecule has 0 saturated carbocycles. The van der Waals surface area contributed by atoms with Crippen molar-refractivity contribution in [3.63, 3.8) is 0 Å². The van der Waals surface area contributed by atoms with Crippen LogP contribution < -0.4 is 5.32 Å². The number of amides is 1. The normalized spacial score (nSPS) is 10.9. The number of anilines is 1. The van der Waals surface area contributed by atoms with Gasteiger partial charge in [-0.3, -0.25) is 9.59 Å². The van der Waals surface area contributed by atoms with Crippen molar-refractivity contribution < 1.29 is 19.1 Å². The van der Waals surface area contributed by atoms with E-state index in [0.717, 1.165) is 0 Å². The highest BCUT2D eigenvalue weighted by molar-refractivity contribution is 6.48. The Hall–Kier alpha value is -3.42. The van der Waals surface area contributed by atoms with Crippen molar-refractivity contribution in [1.82, 2.24) is 9.55 Å². The van der Waals surface area contributed by atoms with Gasteiger partial charge in [-0.15, -0.1) is 0 Å². The highest BCUT2D eigenvalue weighted by Crippen LogP contribution is 2.33. The van der Waals surface area contributed by atoms with Crippen LogP contribution in [-0.4, -0.2) is 26.3 Å². The fourth-order valence-electron chi connectivity index (χ4n) is 3.23. The quantitative estimate of drug-likeness (QED) is 0.324. The summed E-state index contributed by atoms with van der Waals surface area (Å²) in [5.74, 6) is -2.77. The summed E-state index contributed by atoms with van der Waals surface area (Å²) in [5.41, 5.74) is 1.02. The van der Waals surface area contributed by atoms with Gasteiger partial charge in [-0.05, 0) is 35.9 Å². The summed E-state index contributed by atoms with van der Waals surface area (Å²) >= 11 is 11.8. The van der Waals surface area contributed by atoms with Crippen molar-refractivity contribution in [2.75, 3.05) is 5.32 Å². The number of aromatic nitrogens is 2. The summed E-state index contributed by atoms with van der Waals surface area (Å²) in [4.78, 5) is 29.6. The number of nitrogens with one attached hydrogen (secondary N) is 1. The molecule has 0 aliphatic rings. The van der Waals surface area contributed by atoms with E-state index in [2.05, 4.69) is 10.3 Å². The number of benzene rings is 2. The summed E-state index contributed by atoms with van der Waals surface area (Å²) in [5, 5.41) is 13.8. The summed E-state index contributed by atoms with van der Waals surface area (Å²) in [6.07, 6.45) is 1.27. The van der Waals surface area contributed by atoms with E-state index in [4.69, 9.17) is 23.2 Å². The van der Waals surface area contributed by atoms with Gasteiger partial charge < -0.3 is 15.0 Å². The maximum atomic E-state index is 13.3. The molecular formula is C22H14Cl2FN3O3. The van der Waals surface area contributed by atoms with Crippen molar-refractivity contribution in [3.05, 3.63) is 87.9 Å². The van der Waals surface area contributed by atoms with E-state index in [1.165, 1.54) is 29.0 Å². The average Bonchev–Trinajstić information content (AvgIpc) is 3.03. The minimum absolute atomic E-state index is 0.0369. The topological polar surface area (TPSA) is 84.2 Å². The first-order valence-electron chi connectivity index (χ1n) is 9.06. The summed E-state index contributed by atoms with van der Waals surface area (Å²) < 4.78 is 14.8. The number of ketones is 1. The summed E-state index contributed by atoms with van der Waals surface area (Å²) in [6, 6.07) is 13.9. The third-order valence-corrected chi connectivity index (χ3v) is 5.15. The number of carbonyl (C=O) groups excluding carboxylic acids is 2. The standard InChI is InChI=1S/C22H14Cl2FN3O3/c23-13-9-16(24)21(26-10-13)27-22(31)20(30)18-19(29)15-3-1-2-4-17(15)28(18)11-12-5-7-14(25)8-6-12/h1-10,29H,11H2,(H,26,27,31). The second-order valence-corrected chi connectivity index (χ2v) is 7.54. The number of hydrogen-bond acceptors (Lipinski definition) is 4. The number of Topliss-reactive ketones (excluding diaryl/α,β-unsaturated/α-hetero) is 1. The molecule has 0 spiro atoms. The SMILES string of the molecule is O=C(Nc1ncc(Cl)cc1Cl)C(=O)c1c(O)c2ccccc2n1Cc1ccc(F)cc1. The molecule has 2 heterocycles. The first kappa shape index (κ1) is 20.8. The number of hydrogen-bond donors (Lipinski definition) is 2. The lowest BCUT2D eigenvalue weighted by Crippen LogP contribution is -2.26. The van der Waals surface area contributed by atoms with E-state index < -0.39 is 17.5 Å². The van der Waals surface area contributed by atoms with E-state index in [1.807, 2.05) is 0 Å². The number of pyridine rings is 1. The lowest BCUT2D eigenvalue weighted by atomic mass is 10.2. The zero-order valence-corrected chi connectivity index (χ0v) is 17.3. The van der Waals surface area contributed by atoms with Crippen LogP contribution in [0.5, 0.6) is 5.75 Å². The smallest absolute Gasteiger partial charge is 0.299 e.